The highest BCUT2D eigenvalue weighted by molar-refractivity contribution is 7.16. The topological polar surface area (TPSA) is 211 Å². The van der Waals surface area contributed by atoms with Gasteiger partial charge >= 0.3 is 0 Å². The second-order valence-electron chi connectivity index (χ2n) is 19.3. The number of nitrogens with one attached hydrogen (secondary N) is 2. The second kappa shape index (κ2) is 16.9. The number of carbonyl (C=O) groups excluding carboxylic acids is 2. The lowest BCUT2D eigenvalue weighted by atomic mass is 9.63. The molecule has 3 aliphatic carbocycles. The number of likely N-dealkylation sites (tertiary alicyclic amines) is 1. The number of halogens is 1. The van der Waals surface area contributed by atoms with E-state index in [1.54, 1.807) is 24.5 Å². The zero-order chi connectivity index (χ0) is 45.0. The number of imide groups is 1. The van der Waals surface area contributed by atoms with Gasteiger partial charge in [-0.2, -0.15) is 15.2 Å². The fraction of sp³-hybridized carbons (Fsp3) is 0.500. The maximum atomic E-state index is 15.5. The molecule has 0 radical (unpaired) electrons. The predicted octanol–water partition coefficient (Wildman–Crippen LogP) is 7.09. The van der Waals surface area contributed by atoms with Crippen LogP contribution in [-0.4, -0.2) is 87.2 Å². The lowest BCUT2D eigenvalue weighted by molar-refractivity contribution is -0.133. The molecule has 1 unspecified atom stereocenters. The maximum absolute atomic E-state index is 15.5. The van der Waals surface area contributed by atoms with Crippen LogP contribution >= 0.6 is 11.3 Å². The van der Waals surface area contributed by atoms with Crippen molar-refractivity contribution in [3.8, 4) is 35.1 Å². The minimum Gasteiger partial charge on any atom is -0.477 e. The minimum absolute atomic E-state index is 0.0168. The van der Waals surface area contributed by atoms with E-state index in [0.29, 0.717) is 58.1 Å². The molecular formula is C48H52FN11O5S. The molecule has 1 saturated carbocycles. The second-order valence-corrected chi connectivity index (χ2v) is 20.4. The van der Waals surface area contributed by atoms with Crippen molar-refractivity contribution >= 4 is 39.5 Å². The Morgan fingerprint density at radius 2 is 1.73 bits per heavy atom. The highest BCUT2D eigenvalue weighted by Crippen LogP contribution is 2.55. The molecule has 2 spiro atoms. The standard InChI is InChI=1S/C48H52FN11O5S/c49-33-21-29(54-34-6-8-37(61)55-45(34)62)5-7-35(33)60-19-15-46(16-20-60)13-17-59(18-14-46)26-47(11-12-47)27-63-38-22-39(64-30-24-52-28-53-25-30)57-44(56-38)41-31-3-1-9-48(42(31)65-58-41)10-2-4-36-40(48)32(23-50)43(51)66-36/h5,7,21-22,24-25,28,34,54H,1-4,6,8-20,26-27,51H2,(H,55,61,62)/t34?,48-/m0/s1. The molecule has 11 rings (SSSR count). The Morgan fingerprint density at radius 3 is 2.47 bits per heavy atom. The summed E-state index contributed by atoms with van der Waals surface area (Å²) in [6.45, 7) is 5.06. The summed E-state index contributed by atoms with van der Waals surface area (Å²) in [5.41, 5.74) is 10.4. The molecular weight excluding hydrogens is 862 g/mol. The van der Waals surface area contributed by atoms with Gasteiger partial charge in [0.15, 0.2) is 23.0 Å². The molecule has 2 amide bonds. The van der Waals surface area contributed by atoms with Crippen molar-refractivity contribution < 1.29 is 28.0 Å². The van der Waals surface area contributed by atoms with Gasteiger partial charge in [0.25, 0.3) is 0 Å². The Bertz CT molecular complexity index is 2710. The average Bonchev–Trinajstić information content (AvgIpc) is 3.79. The summed E-state index contributed by atoms with van der Waals surface area (Å²) in [6.07, 6.45) is 16.8. The van der Waals surface area contributed by atoms with Crippen LogP contribution in [0.2, 0.25) is 0 Å². The third-order valence-electron chi connectivity index (χ3n) is 15.2. The molecule has 18 heteroatoms. The summed E-state index contributed by atoms with van der Waals surface area (Å²) in [4.78, 5) is 47.6. The lowest BCUT2D eigenvalue weighted by Crippen LogP contribution is -2.48. The third-order valence-corrected chi connectivity index (χ3v) is 16.2. The molecule has 6 aliphatic rings. The molecule has 7 heterocycles. The molecule has 0 bridgehead atoms. The van der Waals surface area contributed by atoms with Crippen molar-refractivity contribution in [1.29, 1.82) is 5.26 Å². The number of nitriles is 1. The zero-order valence-electron chi connectivity index (χ0n) is 36.7. The van der Waals surface area contributed by atoms with Gasteiger partial charge in [0.2, 0.25) is 23.6 Å². The van der Waals surface area contributed by atoms with Gasteiger partial charge < -0.3 is 34.8 Å². The minimum atomic E-state index is -0.557. The number of nitrogens with zero attached hydrogens (tertiary/aromatic N) is 8. The van der Waals surface area contributed by atoms with Crippen LogP contribution in [0.25, 0.3) is 11.5 Å². The Balaban J connectivity index is 0.744. The number of anilines is 3. The summed E-state index contributed by atoms with van der Waals surface area (Å²) >= 11 is 1.52. The quantitative estimate of drug-likeness (QED) is 0.113. The first-order chi connectivity index (χ1) is 32.1. The monoisotopic (exact) mass is 913 g/mol. The largest absolute Gasteiger partial charge is 0.477 e. The summed E-state index contributed by atoms with van der Waals surface area (Å²) in [6, 6.07) is 8.61. The molecule has 3 aliphatic heterocycles. The van der Waals surface area contributed by atoms with Crippen LogP contribution in [0.5, 0.6) is 17.5 Å². The fourth-order valence-electron chi connectivity index (χ4n) is 11.3. The average molecular weight is 914 g/mol. The van der Waals surface area contributed by atoms with Crippen molar-refractivity contribution in [2.24, 2.45) is 10.8 Å². The first-order valence-corrected chi connectivity index (χ1v) is 24.1. The van der Waals surface area contributed by atoms with Crippen LogP contribution in [0.3, 0.4) is 0 Å². The van der Waals surface area contributed by atoms with E-state index < -0.39 is 11.5 Å². The Labute approximate surface area is 385 Å². The van der Waals surface area contributed by atoms with Gasteiger partial charge in [0, 0.05) is 47.6 Å². The molecule has 16 nitrogen and oxygen atoms in total. The Kier molecular flexibility index (Phi) is 10.9. The van der Waals surface area contributed by atoms with Gasteiger partial charge in [0.05, 0.1) is 41.7 Å². The van der Waals surface area contributed by atoms with Gasteiger partial charge in [0.1, 0.15) is 29.3 Å². The number of ether oxygens (including phenoxy) is 2. The van der Waals surface area contributed by atoms with E-state index in [0.717, 1.165) is 132 Å². The van der Waals surface area contributed by atoms with E-state index >= 15 is 4.39 Å². The normalized spacial score (nSPS) is 23.2. The molecule has 3 saturated heterocycles. The van der Waals surface area contributed by atoms with Crippen LogP contribution in [0.4, 0.5) is 20.8 Å². The Hall–Kier alpha value is -6.19. The van der Waals surface area contributed by atoms with E-state index in [2.05, 4.69) is 41.6 Å². The fourth-order valence-corrected chi connectivity index (χ4v) is 12.5. The number of carbonyl (C=O) groups is 2. The number of rotatable bonds is 11. The molecule has 2 atom stereocenters. The molecule has 4 N–H and O–H groups in total. The van der Waals surface area contributed by atoms with Crippen LogP contribution in [0, 0.1) is 28.0 Å². The van der Waals surface area contributed by atoms with E-state index in [1.165, 1.54) is 23.7 Å². The van der Waals surface area contributed by atoms with Crippen LogP contribution < -0.4 is 30.7 Å². The maximum Gasteiger partial charge on any atom is 0.249 e. The van der Waals surface area contributed by atoms with Gasteiger partial charge in [-0.05, 0) is 126 Å². The van der Waals surface area contributed by atoms with Gasteiger partial charge in [-0.15, -0.1) is 11.3 Å². The van der Waals surface area contributed by atoms with E-state index in [9.17, 15) is 14.9 Å². The SMILES string of the molecule is N#Cc1c(N)sc2c1[C@@]1(CCC2)CCCc2c(-c3nc(OCC4(CN5CCC6(CC5)CCN(c5ccc(NC7CCC(=O)NC7=O)cc5F)CC6)CC4)cc(Oc4cncnc4)n3)noc21. The van der Waals surface area contributed by atoms with Gasteiger partial charge in [-0.3, -0.25) is 14.9 Å². The predicted molar refractivity (Wildman–Crippen MR) is 243 cm³/mol. The number of benzene rings is 1. The third kappa shape index (κ3) is 7.99. The van der Waals surface area contributed by atoms with Crippen molar-refractivity contribution in [2.75, 3.05) is 55.3 Å². The number of nitrogen functional groups attached to an aromatic ring is 1. The number of fused-ring (bicyclic) bond motifs is 4. The van der Waals surface area contributed by atoms with E-state index in [1.807, 2.05) is 6.07 Å². The number of hydrogen-bond acceptors (Lipinski definition) is 16. The Morgan fingerprint density at radius 1 is 0.970 bits per heavy atom. The summed E-state index contributed by atoms with van der Waals surface area (Å²) in [7, 11) is 0. The number of thiophene rings is 1. The number of aryl methyl sites for hydroxylation is 1. The molecule has 5 aromatic rings. The number of piperidine rings is 3. The van der Waals surface area contributed by atoms with Crippen molar-refractivity contribution in [3.63, 3.8) is 0 Å². The number of hydrogen-bond donors (Lipinski definition) is 3. The first-order valence-electron chi connectivity index (χ1n) is 23.2. The number of aromatic nitrogens is 5. The first kappa shape index (κ1) is 42.4. The summed E-state index contributed by atoms with van der Waals surface area (Å²) in [5.74, 6) is 1.26. The van der Waals surface area contributed by atoms with Gasteiger partial charge in [-0.25, -0.2) is 14.4 Å². The lowest BCUT2D eigenvalue weighted by Gasteiger charge is -2.48. The van der Waals surface area contributed by atoms with Crippen LogP contribution in [-0.2, 0) is 27.8 Å². The zero-order valence-corrected chi connectivity index (χ0v) is 37.6. The van der Waals surface area contributed by atoms with Gasteiger partial charge in [-0.1, -0.05) is 5.16 Å². The summed E-state index contributed by atoms with van der Waals surface area (Å²) in [5, 5.41) is 20.8. The van der Waals surface area contributed by atoms with E-state index in [-0.39, 0.29) is 40.8 Å². The number of nitrogens with two attached hydrogens (primary N) is 1. The van der Waals surface area contributed by atoms with Crippen molar-refractivity contribution in [1.82, 2.24) is 35.3 Å². The highest BCUT2D eigenvalue weighted by atomic mass is 32.1. The number of amides is 2. The van der Waals surface area contributed by atoms with E-state index in [4.69, 9.17) is 29.7 Å². The molecule has 4 fully saturated rings. The highest BCUT2D eigenvalue weighted by Gasteiger charge is 2.50. The molecule has 4 aromatic heterocycles. The smallest absolute Gasteiger partial charge is 0.249 e. The van der Waals surface area contributed by atoms with Crippen molar-refractivity contribution in [2.45, 2.75) is 101 Å². The van der Waals surface area contributed by atoms with Crippen LogP contribution in [0.15, 0.2) is 47.5 Å². The molecule has 66 heavy (non-hydrogen) atoms. The summed E-state index contributed by atoms with van der Waals surface area (Å²) < 4.78 is 34.5. The van der Waals surface area contributed by atoms with Crippen LogP contribution in [0.1, 0.15) is 104 Å². The molecule has 342 valence electrons. The molecule has 1 aromatic carbocycles. The van der Waals surface area contributed by atoms with Crippen molar-refractivity contribution in [3.05, 3.63) is 76.1 Å².